The van der Waals surface area contributed by atoms with Crippen LogP contribution in [0.4, 0.5) is 5.69 Å². The molecule has 0 aliphatic rings. The van der Waals surface area contributed by atoms with E-state index in [1.807, 2.05) is 67.8 Å². The average Bonchev–Trinajstić information content (AvgIpc) is 2.80. The fourth-order valence-corrected chi connectivity index (χ4v) is 6.97. The van der Waals surface area contributed by atoms with Crippen molar-refractivity contribution in [2.75, 3.05) is 44.9 Å². The van der Waals surface area contributed by atoms with Crippen LogP contribution in [-0.2, 0) is 27.2 Å². The molecule has 0 aromatic heterocycles. The first kappa shape index (κ1) is 30.7. The maximum Gasteiger partial charge on any atom is 0.224 e. The lowest BCUT2D eigenvalue weighted by Crippen LogP contribution is -2.41. The number of halogens is 3. The third-order valence-corrected chi connectivity index (χ3v) is 8.11. The number of aliphatic hydroxyl groups is 5. The summed E-state index contributed by atoms with van der Waals surface area (Å²) in [5.41, 5.74) is 1.67. The van der Waals surface area contributed by atoms with Crippen LogP contribution in [0.2, 0.25) is 0 Å². The van der Waals surface area contributed by atoms with Gasteiger partial charge in [-0.3, -0.25) is 14.4 Å². The number of aliphatic hydroxyl groups excluding tert-OH is 5. The number of Topliss-reactive ketones (excluding diaryl/α,β-unsaturated/α-hetero) is 1. The lowest BCUT2D eigenvalue weighted by atomic mass is 10.0. The Balaban J connectivity index is 3.38. The van der Waals surface area contributed by atoms with Crippen LogP contribution in [-0.4, -0.2) is 94.8 Å². The van der Waals surface area contributed by atoms with Gasteiger partial charge in [0.15, 0.2) is 5.78 Å². The molecule has 0 bridgehead atoms. The Kier molecular flexibility index (Phi) is 14.5. The molecule has 0 aliphatic heterocycles. The van der Waals surface area contributed by atoms with Crippen molar-refractivity contribution in [3.8, 4) is 0 Å². The number of amides is 2. The van der Waals surface area contributed by atoms with Crippen molar-refractivity contribution >= 4 is 91.1 Å². The summed E-state index contributed by atoms with van der Waals surface area (Å²) < 4.78 is 1.92. The van der Waals surface area contributed by atoms with E-state index in [-0.39, 0.29) is 19.4 Å². The number of anilines is 1. The molecule has 8 N–H and O–H groups in total. The highest BCUT2D eigenvalue weighted by Gasteiger charge is 2.24. The summed E-state index contributed by atoms with van der Waals surface area (Å²) in [7, 11) is 0. The molecule has 0 unspecified atom stereocenters. The normalized spacial score (nSPS) is 11.1. The van der Waals surface area contributed by atoms with Crippen molar-refractivity contribution < 1.29 is 39.9 Å². The van der Waals surface area contributed by atoms with E-state index < -0.39 is 62.7 Å². The molecule has 33 heavy (non-hydrogen) atoms. The summed E-state index contributed by atoms with van der Waals surface area (Å²) in [6.07, 6.45) is -0.228. The number of hydrogen-bond acceptors (Lipinski definition) is 9. The van der Waals surface area contributed by atoms with Gasteiger partial charge in [0.1, 0.15) is 6.61 Å². The van der Waals surface area contributed by atoms with Crippen molar-refractivity contribution in [3.05, 3.63) is 21.8 Å². The summed E-state index contributed by atoms with van der Waals surface area (Å²) in [5.74, 6) is -1.34. The second kappa shape index (κ2) is 15.6. The predicted molar refractivity (Wildman–Crippen MR) is 145 cm³/mol. The van der Waals surface area contributed by atoms with E-state index in [0.29, 0.717) is 27.5 Å². The third-order valence-electron chi connectivity index (χ3n) is 4.42. The van der Waals surface area contributed by atoms with Gasteiger partial charge in [-0.15, -0.1) is 0 Å². The van der Waals surface area contributed by atoms with E-state index in [2.05, 4.69) is 16.0 Å². The number of ketones is 1. The van der Waals surface area contributed by atoms with Gasteiger partial charge in [0.2, 0.25) is 11.8 Å². The van der Waals surface area contributed by atoms with E-state index in [9.17, 15) is 34.8 Å². The van der Waals surface area contributed by atoms with Crippen LogP contribution in [0.15, 0.2) is 0 Å². The van der Waals surface area contributed by atoms with Gasteiger partial charge in [-0.05, 0) is 78.9 Å². The lowest BCUT2D eigenvalue weighted by Gasteiger charge is -2.21. The monoisotopic (exact) mass is 805 g/mol. The molecule has 1 rings (SSSR count). The molecule has 0 saturated heterocycles. The van der Waals surface area contributed by atoms with Gasteiger partial charge in [0.05, 0.1) is 63.6 Å². The Morgan fingerprint density at radius 2 is 1.09 bits per heavy atom. The smallest absolute Gasteiger partial charge is 0.224 e. The van der Waals surface area contributed by atoms with Gasteiger partial charge < -0.3 is 41.5 Å². The molecule has 0 radical (unpaired) electrons. The Morgan fingerprint density at radius 1 is 0.697 bits per heavy atom. The Bertz CT molecular complexity index is 793. The first-order valence-electron chi connectivity index (χ1n) is 9.70. The highest BCUT2D eigenvalue weighted by molar-refractivity contribution is 14.1. The number of carbonyl (C=O) groups is 3. The van der Waals surface area contributed by atoms with Gasteiger partial charge >= 0.3 is 0 Å². The largest absolute Gasteiger partial charge is 0.394 e. The molecule has 1 aromatic rings. The summed E-state index contributed by atoms with van der Waals surface area (Å²) in [6, 6.07) is -1.62. The van der Waals surface area contributed by atoms with Gasteiger partial charge in [0, 0.05) is 10.7 Å². The number of carbonyl (C=O) groups excluding carboxylic acids is 3. The van der Waals surface area contributed by atoms with Crippen LogP contribution in [0.3, 0.4) is 0 Å². The van der Waals surface area contributed by atoms with E-state index in [0.717, 1.165) is 0 Å². The average molecular weight is 805 g/mol. The minimum atomic E-state index is -0.810. The molecule has 0 saturated carbocycles. The fourth-order valence-electron chi connectivity index (χ4n) is 2.66. The van der Waals surface area contributed by atoms with E-state index >= 15 is 0 Å². The van der Waals surface area contributed by atoms with Crippen molar-refractivity contribution in [1.82, 2.24) is 10.6 Å². The standard InChI is InChI=1S/C19H26I3N3O8/c20-16-12(1-14(32)24-9(4-26)5-27)17(21)19(23-3-11(31)8-30)18(22)13(16)2-15(33)25-10(6-28)7-29/h9-10,23,26-30H,1-8H2,(H,24,32)(H,25,33). The molecular weight excluding hydrogens is 779 g/mol. The van der Waals surface area contributed by atoms with Crippen LogP contribution in [0.25, 0.3) is 0 Å². The summed E-state index contributed by atoms with van der Waals surface area (Å²) in [5, 5.41) is 53.9. The first-order chi connectivity index (χ1) is 15.6. The Labute approximate surface area is 231 Å². The number of hydrogen-bond donors (Lipinski definition) is 8. The van der Waals surface area contributed by atoms with Crippen molar-refractivity contribution in [2.45, 2.75) is 24.9 Å². The number of benzene rings is 1. The first-order valence-corrected chi connectivity index (χ1v) is 12.9. The third kappa shape index (κ3) is 9.30. The van der Waals surface area contributed by atoms with Crippen LogP contribution >= 0.6 is 67.8 Å². The Morgan fingerprint density at radius 3 is 1.42 bits per heavy atom. The second-order valence-electron chi connectivity index (χ2n) is 6.94. The topological polar surface area (TPSA) is 188 Å². The van der Waals surface area contributed by atoms with E-state index in [1.54, 1.807) is 0 Å². The molecule has 11 nitrogen and oxygen atoms in total. The fraction of sp³-hybridized carbons (Fsp3) is 0.526. The molecular formula is C19H26I3N3O8. The van der Waals surface area contributed by atoms with Crippen molar-refractivity contribution in [3.63, 3.8) is 0 Å². The second-order valence-corrected chi connectivity index (χ2v) is 10.2. The van der Waals surface area contributed by atoms with Crippen LogP contribution in [0.5, 0.6) is 0 Å². The van der Waals surface area contributed by atoms with Crippen LogP contribution in [0, 0.1) is 10.7 Å². The Hall–Kier alpha value is -0.380. The molecule has 0 heterocycles. The quantitative estimate of drug-likeness (QED) is 0.104. The van der Waals surface area contributed by atoms with E-state index in [4.69, 9.17) is 5.11 Å². The number of rotatable bonds is 14. The lowest BCUT2D eigenvalue weighted by molar-refractivity contribution is -0.122. The summed E-state index contributed by atoms with van der Waals surface area (Å²) >= 11 is 6.08. The minimum absolute atomic E-state index is 0.114. The van der Waals surface area contributed by atoms with Gasteiger partial charge in [-0.2, -0.15) is 0 Å². The highest BCUT2D eigenvalue weighted by atomic mass is 127. The summed E-state index contributed by atoms with van der Waals surface area (Å²) in [6.45, 7) is -2.51. The van der Waals surface area contributed by atoms with Gasteiger partial charge in [-0.1, -0.05) is 0 Å². The molecule has 0 spiro atoms. The van der Waals surface area contributed by atoms with Crippen molar-refractivity contribution in [1.29, 1.82) is 0 Å². The molecule has 0 atom stereocenters. The molecule has 0 fully saturated rings. The zero-order valence-corrected chi connectivity index (χ0v) is 23.9. The van der Waals surface area contributed by atoms with Gasteiger partial charge in [-0.25, -0.2) is 0 Å². The van der Waals surface area contributed by atoms with Crippen molar-refractivity contribution in [2.24, 2.45) is 0 Å². The summed E-state index contributed by atoms with van der Waals surface area (Å²) in [4.78, 5) is 36.7. The predicted octanol–water partition coefficient (Wildman–Crippen LogP) is -1.50. The highest BCUT2D eigenvalue weighted by Crippen LogP contribution is 2.36. The minimum Gasteiger partial charge on any atom is -0.394 e. The van der Waals surface area contributed by atoms with Crippen LogP contribution < -0.4 is 16.0 Å². The number of nitrogens with one attached hydrogen (secondary N) is 3. The molecule has 186 valence electrons. The molecule has 2 amide bonds. The zero-order chi connectivity index (χ0) is 25.1. The maximum absolute atomic E-state index is 12.5. The van der Waals surface area contributed by atoms with E-state index in [1.165, 1.54) is 0 Å². The molecule has 14 heteroatoms. The zero-order valence-electron chi connectivity index (χ0n) is 17.4. The SMILES string of the molecule is O=C(CO)CNc1c(I)c(CC(=O)NC(CO)CO)c(I)c(CC(=O)NC(CO)CO)c1I. The molecule has 1 aromatic carbocycles. The molecule has 0 aliphatic carbocycles. The maximum atomic E-state index is 12.5. The van der Waals surface area contributed by atoms with Crippen LogP contribution in [0.1, 0.15) is 11.1 Å². The van der Waals surface area contributed by atoms with Gasteiger partial charge in [0.25, 0.3) is 0 Å².